The number of aromatic hydroxyl groups is 1. The Labute approximate surface area is 130 Å². The monoisotopic (exact) mass is 348 g/mol. The molecule has 2 aromatic carbocycles. The Kier molecular flexibility index (Phi) is 3.68. The number of benzene rings is 2. The Morgan fingerprint density at radius 2 is 2.05 bits per heavy atom. The van der Waals surface area contributed by atoms with Crippen LogP contribution in [-0.4, -0.2) is 14.7 Å². The standard InChI is InChI=1S/C16H14BrFN2O/c1-2-7-20-14-5-3-10(17)8-13(14)19-16(20)12-9-11(18)4-6-15(12)21/h3-6,8-9,21H,2,7H2,1H3. The molecule has 0 aliphatic carbocycles. The maximum atomic E-state index is 13.5. The van der Waals surface area contributed by atoms with Gasteiger partial charge in [-0.1, -0.05) is 22.9 Å². The van der Waals surface area contributed by atoms with E-state index in [0.29, 0.717) is 11.4 Å². The summed E-state index contributed by atoms with van der Waals surface area (Å²) in [6.45, 7) is 2.82. The fourth-order valence-corrected chi connectivity index (χ4v) is 2.79. The third-order valence-corrected chi connectivity index (χ3v) is 3.85. The van der Waals surface area contributed by atoms with Crippen molar-refractivity contribution in [2.75, 3.05) is 0 Å². The van der Waals surface area contributed by atoms with Crippen molar-refractivity contribution in [2.45, 2.75) is 19.9 Å². The van der Waals surface area contributed by atoms with Crippen molar-refractivity contribution in [1.29, 1.82) is 0 Å². The first kappa shape index (κ1) is 14.1. The largest absolute Gasteiger partial charge is 0.507 e. The summed E-state index contributed by atoms with van der Waals surface area (Å²) in [5.74, 6) is 0.226. The number of phenols is 1. The predicted molar refractivity (Wildman–Crippen MR) is 84.8 cm³/mol. The second-order valence-corrected chi connectivity index (χ2v) is 5.80. The summed E-state index contributed by atoms with van der Waals surface area (Å²) >= 11 is 3.43. The first-order valence-electron chi connectivity index (χ1n) is 6.75. The van der Waals surface area contributed by atoms with Gasteiger partial charge in [-0.3, -0.25) is 0 Å². The number of nitrogens with zero attached hydrogens (tertiary/aromatic N) is 2. The number of phenolic OH excluding ortho intramolecular Hbond substituents is 1. The average molecular weight is 349 g/mol. The van der Waals surface area contributed by atoms with Crippen molar-refractivity contribution in [2.24, 2.45) is 0 Å². The molecular weight excluding hydrogens is 335 g/mol. The van der Waals surface area contributed by atoms with Crippen LogP contribution in [-0.2, 0) is 6.54 Å². The number of hydrogen-bond donors (Lipinski definition) is 1. The van der Waals surface area contributed by atoms with E-state index < -0.39 is 0 Å². The van der Waals surface area contributed by atoms with Crippen LogP contribution < -0.4 is 0 Å². The van der Waals surface area contributed by atoms with E-state index in [4.69, 9.17) is 0 Å². The number of aryl methyl sites for hydroxylation is 1. The molecule has 21 heavy (non-hydrogen) atoms. The van der Waals surface area contributed by atoms with Gasteiger partial charge in [-0.05, 0) is 42.8 Å². The maximum Gasteiger partial charge on any atom is 0.144 e. The van der Waals surface area contributed by atoms with Gasteiger partial charge in [0.1, 0.15) is 17.4 Å². The molecule has 0 fully saturated rings. The molecule has 3 aromatic rings. The van der Waals surface area contributed by atoms with Crippen LogP contribution in [0.25, 0.3) is 22.4 Å². The van der Waals surface area contributed by atoms with E-state index >= 15 is 0 Å². The van der Waals surface area contributed by atoms with E-state index in [1.54, 1.807) is 0 Å². The SMILES string of the molecule is CCCn1c(-c2cc(F)ccc2O)nc2cc(Br)ccc21. The summed E-state index contributed by atoms with van der Waals surface area (Å²) in [6.07, 6.45) is 0.921. The van der Waals surface area contributed by atoms with Crippen molar-refractivity contribution < 1.29 is 9.50 Å². The lowest BCUT2D eigenvalue weighted by Gasteiger charge is -2.09. The van der Waals surface area contributed by atoms with Crippen LogP contribution in [0, 0.1) is 5.82 Å². The highest BCUT2D eigenvalue weighted by Crippen LogP contribution is 2.32. The van der Waals surface area contributed by atoms with Gasteiger partial charge in [0.05, 0.1) is 16.6 Å². The summed E-state index contributed by atoms with van der Waals surface area (Å²) in [6, 6.07) is 9.75. The number of aromatic nitrogens is 2. The molecule has 108 valence electrons. The van der Waals surface area contributed by atoms with E-state index in [1.165, 1.54) is 18.2 Å². The van der Waals surface area contributed by atoms with E-state index in [-0.39, 0.29) is 11.6 Å². The Balaban J connectivity index is 2.30. The van der Waals surface area contributed by atoms with Crippen LogP contribution in [0.1, 0.15) is 13.3 Å². The Hall–Kier alpha value is -1.88. The molecule has 1 N–H and O–H groups in total. The molecule has 0 atom stereocenters. The van der Waals surface area contributed by atoms with Crippen LogP contribution in [0.15, 0.2) is 40.9 Å². The van der Waals surface area contributed by atoms with Crippen LogP contribution in [0.2, 0.25) is 0 Å². The fraction of sp³-hybridized carbons (Fsp3) is 0.188. The maximum absolute atomic E-state index is 13.5. The molecule has 0 bridgehead atoms. The van der Waals surface area contributed by atoms with Crippen LogP contribution in [0.3, 0.4) is 0 Å². The second kappa shape index (κ2) is 5.48. The van der Waals surface area contributed by atoms with Gasteiger partial charge in [0.15, 0.2) is 0 Å². The highest BCUT2D eigenvalue weighted by atomic mass is 79.9. The van der Waals surface area contributed by atoms with Gasteiger partial charge < -0.3 is 9.67 Å². The Bertz CT molecular complexity index is 813. The quantitative estimate of drug-likeness (QED) is 0.743. The predicted octanol–water partition coefficient (Wildman–Crippen LogP) is 4.72. The third-order valence-electron chi connectivity index (χ3n) is 3.36. The molecule has 0 spiro atoms. The summed E-state index contributed by atoms with van der Waals surface area (Å²) in [4.78, 5) is 4.57. The third kappa shape index (κ3) is 2.53. The summed E-state index contributed by atoms with van der Waals surface area (Å²) in [5, 5.41) is 10.0. The molecule has 0 aliphatic rings. The minimum absolute atomic E-state index is 0.0307. The van der Waals surface area contributed by atoms with Gasteiger partial charge in [-0.2, -0.15) is 0 Å². The molecule has 3 rings (SSSR count). The van der Waals surface area contributed by atoms with Crippen molar-refractivity contribution in [3.8, 4) is 17.1 Å². The highest BCUT2D eigenvalue weighted by molar-refractivity contribution is 9.10. The molecular formula is C16H14BrFN2O. The van der Waals surface area contributed by atoms with Crippen LogP contribution in [0.4, 0.5) is 4.39 Å². The molecule has 0 aliphatic heterocycles. The Morgan fingerprint density at radius 1 is 1.24 bits per heavy atom. The zero-order valence-electron chi connectivity index (χ0n) is 11.5. The summed E-state index contributed by atoms with van der Waals surface area (Å²) in [7, 11) is 0. The van der Waals surface area contributed by atoms with E-state index in [1.807, 2.05) is 22.8 Å². The van der Waals surface area contributed by atoms with E-state index in [0.717, 1.165) is 28.5 Å². The van der Waals surface area contributed by atoms with Gasteiger partial charge >= 0.3 is 0 Å². The summed E-state index contributed by atoms with van der Waals surface area (Å²) in [5.41, 5.74) is 2.20. The lowest BCUT2D eigenvalue weighted by Crippen LogP contribution is -2.00. The lowest BCUT2D eigenvalue weighted by atomic mass is 10.2. The number of hydrogen-bond acceptors (Lipinski definition) is 2. The zero-order chi connectivity index (χ0) is 15.0. The minimum atomic E-state index is -0.390. The average Bonchev–Trinajstić information content (AvgIpc) is 2.80. The fourth-order valence-electron chi connectivity index (χ4n) is 2.45. The molecule has 0 unspecified atom stereocenters. The van der Waals surface area contributed by atoms with Gasteiger partial charge in [-0.25, -0.2) is 9.37 Å². The molecule has 3 nitrogen and oxygen atoms in total. The molecule has 0 amide bonds. The first-order chi connectivity index (χ1) is 10.1. The van der Waals surface area contributed by atoms with Gasteiger partial charge in [0.2, 0.25) is 0 Å². The van der Waals surface area contributed by atoms with E-state index in [9.17, 15) is 9.50 Å². The normalized spacial score (nSPS) is 11.2. The summed E-state index contributed by atoms with van der Waals surface area (Å²) < 4.78 is 16.5. The number of halogens is 2. The topological polar surface area (TPSA) is 38.0 Å². The van der Waals surface area contributed by atoms with Gasteiger partial charge in [-0.15, -0.1) is 0 Å². The smallest absolute Gasteiger partial charge is 0.144 e. The van der Waals surface area contributed by atoms with Crippen molar-refractivity contribution in [3.63, 3.8) is 0 Å². The minimum Gasteiger partial charge on any atom is -0.507 e. The van der Waals surface area contributed by atoms with Crippen molar-refractivity contribution in [1.82, 2.24) is 9.55 Å². The number of fused-ring (bicyclic) bond motifs is 1. The molecule has 1 heterocycles. The van der Waals surface area contributed by atoms with Crippen molar-refractivity contribution >= 4 is 27.0 Å². The van der Waals surface area contributed by atoms with Crippen LogP contribution in [0.5, 0.6) is 5.75 Å². The first-order valence-corrected chi connectivity index (χ1v) is 7.54. The second-order valence-electron chi connectivity index (χ2n) is 4.88. The number of imidazole rings is 1. The molecule has 5 heteroatoms. The molecule has 1 aromatic heterocycles. The van der Waals surface area contributed by atoms with E-state index in [2.05, 4.69) is 27.8 Å². The Morgan fingerprint density at radius 3 is 2.81 bits per heavy atom. The highest BCUT2D eigenvalue weighted by Gasteiger charge is 2.16. The molecule has 0 radical (unpaired) electrons. The number of rotatable bonds is 3. The van der Waals surface area contributed by atoms with Crippen molar-refractivity contribution in [3.05, 3.63) is 46.7 Å². The lowest BCUT2D eigenvalue weighted by molar-refractivity contribution is 0.474. The molecule has 0 saturated heterocycles. The van der Waals surface area contributed by atoms with Gasteiger partial charge in [0.25, 0.3) is 0 Å². The zero-order valence-corrected chi connectivity index (χ0v) is 13.1. The van der Waals surface area contributed by atoms with Gasteiger partial charge in [0, 0.05) is 11.0 Å². The molecule has 0 saturated carbocycles. The van der Waals surface area contributed by atoms with Crippen LogP contribution >= 0.6 is 15.9 Å².